The minimum absolute atomic E-state index is 1.31. The van der Waals surface area contributed by atoms with Gasteiger partial charge in [-0.15, -0.1) is 0 Å². The predicted octanol–water partition coefficient (Wildman–Crippen LogP) is 1.96. The van der Waals surface area contributed by atoms with E-state index in [1.165, 1.54) is 7.11 Å². The molecule has 0 saturated carbocycles. The molecule has 0 aromatic rings. The molecule has 0 aromatic heterocycles. The van der Waals surface area contributed by atoms with Crippen molar-refractivity contribution in [2.45, 2.75) is 3.98 Å². The van der Waals surface area contributed by atoms with Gasteiger partial charge in [0, 0.05) is 7.11 Å². The Hall–Kier alpha value is 0.830. The van der Waals surface area contributed by atoms with E-state index in [1.54, 1.807) is 0 Å². The summed E-state index contributed by atoms with van der Waals surface area (Å²) >= 11 is 15.1. The average molecular weight is 149 g/mol. The molecule has 0 N–H and O–H groups in total. The van der Waals surface area contributed by atoms with Gasteiger partial charge in [0.2, 0.25) is 0 Å². The quantitative estimate of drug-likeness (QED) is 0.479. The summed E-state index contributed by atoms with van der Waals surface area (Å²) < 4.78 is 2.69. The van der Waals surface area contributed by atoms with Crippen LogP contribution in [-0.2, 0) is 4.74 Å². The Morgan fingerprint density at radius 3 is 1.50 bits per heavy atom. The molecule has 0 bridgehead atoms. The van der Waals surface area contributed by atoms with Crippen molar-refractivity contribution in [1.29, 1.82) is 0 Å². The van der Waals surface area contributed by atoms with Gasteiger partial charge in [0.15, 0.2) is 0 Å². The van der Waals surface area contributed by atoms with E-state index in [-0.39, 0.29) is 0 Å². The van der Waals surface area contributed by atoms with Gasteiger partial charge in [-0.2, -0.15) is 0 Å². The lowest BCUT2D eigenvalue weighted by atomic mass is 11.5. The van der Waals surface area contributed by atoms with Crippen LogP contribution in [0.5, 0.6) is 0 Å². The van der Waals surface area contributed by atoms with Crippen molar-refractivity contribution in [2.75, 3.05) is 7.11 Å². The molecule has 0 aromatic carbocycles. The van der Waals surface area contributed by atoms with Crippen LogP contribution in [0.2, 0.25) is 0 Å². The third-order valence-electron chi connectivity index (χ3n) is 0.231. The summed E-state index contributed by atoms with van der Waals surface area (Å²) in [7, 11) is 1.31. The molecule has 0 aliphatic carbocycles. The summed E-state index contributed by atoms with van der Waals surface area (Å²) in [4.78, 5) is 0. The zero-order valence-electron chi connectivity index (χ0n) is 3.04. The van der Waals surface area contributed by atoms with E-state index >= 15 is 0 Å². The molecule has 0 aliphatic rings. The average Bonchev–Trinajstić information content (AvgIpc) is 1.35. The third-order valence-corrected chi connectivity index (χ3v) is 0.694. The molecule has 0 spiro atoms. The first-order chi connectivity index (χ1) is 2.56. The van der Waals surface area contributed by atoms with Crippen molar-refractivity contribution in [3.63, 3.8) is 0 Å². The summed E-state index contributed by atoms with van der Waals surface area (Å²) in [6, 6.07) is 0. The van der Waals surface area contributed by atoms with Crippen molar-refractivity contribution in [3.05, 3.63) is 0 Å². The van der Waals surface area contributed by atoms with Crippen LogP contribution in [0.4, 0.5) is 0 Å². The lowest BCUT2D eigenvalue weighted by molar-refractivity contribution is 0.196. The zero-order chi connectivity index (χ0) is 5.21. The fourth-order valence-electron chi connectivity index (χ4n) is 0. The Morgan fingerprint density at radius 2 is 1.50 bits per heavy atom. The van der Waals surface area contributed by atoms with E-state index in [2.05, 4.69) is 4.74 Å². The Kier molecular flexibility index (Phi) is 2.53. The molecule has 0 heterocycles. The Labute approximate surface area is 51.1 Å². The van der Waals surface area contributed by atoms with Crippen LogP contribution >= 0.6 is 34.8 Å². The summed E-state index contributed by atoms with van der Waals surface area (Å²) in [6.07, 6.45) is 0. The van der Waals surface area contributed by atoms with Gasteiger partial charge in [-0.1, -0.05) is 34.8 Å². The van der Waals surface area contributed by atoms with Crippen LogP contribution < -0.4 is 0 Å². The van der Waals surface area contributed by atoms with E-state index < -0.39 is 3.98 Å². The highest BCUT2D eigenvalue weighted by molar-refractivity contribution is 6.66. The van der Waals surface area contributed by atoms with Gasteiger partial charge >= 0.3 is 0 Å². The summed E-state index contributed by atoms with van der Waals surface area (Å²) in [5.41, 5.74) is 0. The third kappa shape index (κ3) is 4.83. The summed E-state index contributed by atoms with van der Waals surface area (Å²) in [5.74, 6) is 0. The highest BCUT2D eigenvalue weighted by atomic mass is 35.6. The standard InChI is InChI=1S/C2H3Cl3O/c1-6-2(3,4)5/h1H3. The van der Waals surface area contributed by atoms with Crippen molar-refractivity contribution in [2.24, 2.45) is 0 Å². The molecule has 4 heteroatoms. The first-order valence-corrected chi connectivity index (χ1v) is 2.31. The minimum Gasteiger partial charge on any atom is -0.338 e. The van der Waals surface area contributed by atoms with Crippen molar-refractivity contribution in [3.8, 4) is 0 Å². The molecular formula is C2H3Cl3O. The van der Waals surface area contributed by atoms with Gasteiger partial charge in [-0.25, -0.2) is 0 Å². The number of methoxy groups -OCH3 is 1. The number of ether oxygens (including phenoxy) is 1. The van der Waals surface area contributed by atoms with Gasteiger partial charge in [0.1, 0.15) is 0 Å². The maximum atomic E-state index is 5.03. The van der Waals surface area contributed by atoms with E-state index in [0.29, 0.717) is 0 Å². The molecule has 0 fully saturated rings. The monoisotopic (exact) mass is 148 g/mol. The zero-order valence-corrected chi connectivity index (χ0v) is 5.31. The molecule has 0 rings (SSSR count). The highest BCUT2D eigenvalue weighted by Gasteiger charge is 2.15. The maximum Gasteiger partial charge on any atom is 0.297 e. The Balaban J connectivity index is 3.17. The SMILES string of the molecule is COC(Cl)(Cl)Cl. The van der Waals surface area contributed by atoms with Crippen LogP contribution in [0.3, 0.4) is 0 Å². The van der Waals surface area contributed by atoms with Gasteiger partial charge in [0.05, 0.1) is 0 Å². The van der Waals surface area contributed by atoms with Gasteiger partial charge in [0.25, 0.3) is 3.98 Å². The van der Waals surface area contributed by atoms with Crippen LogP contribution in [0, 0.1) is 0 Å². The van der Waals surface area contributed by atoms with Gasteiger partial charge < -0.3 is 4.74 Å². The number of alkyl halides is 3. The molecule has 38 valence electrons. The normalized spacial score (nSPS) is 12.0. The largest absolute Gasteiger partial charge is 0.338 e. The van der Waals surface area contributed by atoms with Crippen LogP contribution in [-0.4, -0.2) is 11.1 Å². The molecule has 0 saturated heterocycles. The van der Waals surface area contributed by atoms with E-state index in [1.807, 2.05) is 0 Å². The second-order valence-corrected chi connectivity index (χ2v) is 2.83. The molecule has 0 aliphatic heterocycles. The molecule has 1 nitrogen and oxygen atoms in total. The lowest BCUT2D eigenvalue weighted by Crippen LogP contribution is -2.02. The second-order valence-electron chi connectivity index (χ2n) is 0.650. The maximum absolute atomic E-state index is 5.03. The fourth-order valence-corrected chi connectivity index (χ4v) is 0. The Bertz CT molecular complexity index is 38.5. The smallest absolute Gasteiger partial charge is 0.297 e. The number of hydrogen-bond acceptors (Lipinski definition) is 1. The van der Waals surface area contributed by atoms with E-state index in [0.717, 1.165) is 0 Å². The molecule has 0 unspecified atom stereocenters. The number of halogens is 3. The highest BCUT2D eigenvalue weighted by Crippen LogP contribution is 2.25. The molecule has 0 atom stereocenters. The van der Waals surface area contributed by atoms with Crippen LogP contribution in [0.15, 0.2) is 0 Å². The molecule has 0 radical (unpaired) electrons. The number of hydrogen-bond donors (Lipinski definition) is 0. The summed E-state index contributed by atoms with van der Waals surface area (Å²) in [5, 5.41) is 0. The van der Waals surface area contributed by atoms with Crippen LogP contribution in [0.1, 0.15) is 0 Å². The first kappa shape index (κ1) is 6.83. The van der Waals surface area contributed by atoms with Crippen LogP contribution in [0.25, 0.3) is 0 Å². The molecule has 0 amide bonds. The summed E-state index contributed by atoms with van der Waals surface area (Å²) in [6.45, 7) is 0. The van der Waals surface area contributed by atoms with Gasteiger partial charge in [-0.3, -0.25) is 0 Å². The van der Waals surface area contributed by atoms with Crippen molar-refractivity contribution in [1.82, 2.24) is 0 Å². The van der Waals surface area contributed by atoms with E-state index in [9.17, 15) is 0 Å². The lowest BCUT2D eigenvalue weighted by Gasteiger charge is -2.04. The van der Waals surface area contributed by atoms with Gasteiger partial charge in [-0.05, 0) is 0 Å². The van der Waals surface area contributed by atoms with Crippen molar-refractivity contribution < 1.29 is 4.74 Å². The minimum atomic E-state index is -1.54. The first-order valence-electron chi connectivity index (χ1n) is 1.18. The van der Waals surface area contributed by atoms with E-state index in [4.69, 9.17) is 34.8 Å². The second kappa shape index (κ2) is 2.22. The predicted molar refractivity (Wildman–Crippen MR) is 27.3 cm³/mol. The fraction of sp³-hybridized carbons (Fsp3) is 1.00. The molecule has 6 heavy (non-hydrogen) atoms. The number of rotatable bonds is 0. The topological polar surface area (TPSA) is 9.23 Å². The Morgan fingerprint density at radius 1 is 1.33 bits per heavy atom. The molecular weight excluding hydrogens is 146 g/mol. The van der Waals surface area contributed by atoms with Crippen molar-refractivity contribution >= 4 is 34.8 Å².